The second-order valence-electron chi connectivity index (χ2n) is 18.7. The van der Waals surface area contributed by atoms with Crippen molar-refractivity contribution in [3.05, 3.63) is 0 Å². The average Bonchev–Trinajstić information content (AvgIpc) is 3.65. The summed E-state index contributed by atoms with van der Waals surface area (Å²) in [6.45, 7) is 14.6. The largest absolute Gasteiger partial charge is 0.465 e. The zero-order valence-corrected chi connectivity index (χ0v) is 41.1. The van der Waals surface area contributed by atoms with E-state index in [1.165, 1.54) is 103 Å². The molecular weight excluding hydrogens is 763 g/mol. The molecule has 8 heteroatoms. The van der Waals surface area contributed by atoms with Crippen LogP contribution in [0.25, 0.3) is 0 Å². The van der Waals surface area contributed by atoms with E-state index in [0.29, 0.717) is 13.2 Å². The zero-order valence-electron chi connectivity index (χ0n) is 41.1. The minimum Gasteiger partial charge on any atom is -0.465 e. The Morgan fingerprint density at radius 1 is 0.426 bits per heavy atom. The van der Waals surface area contributed by atoms with E-state index in [1.807, 2.05) is 0 Å². The number of carbonyl (C=O) groups excluding carboxylic acids is 2. The number of likely N-dealkylation sites (tertiary alicyclic amines) is 1. The van der Waals surface area contributed by atoms with Gasteiger partial charge in [-0.05, 0) is 90.0 Å². The topological polar surface area (TPSA) is 94.5 Å². The molecule has 1 fully saturated rings. The highest BCUT2D eigenvalue weighted by Gasteiger charge is 2.34. The summed E-state index contributed by atoms with van der Waals surface area (Å²) in [4.78, 5) is 28.5. The smallest absolute Gasteiger partial charge is 0.308 e. The first-order chi connectivity index (χ1) is 30.0. The summed E-state index contributed by atoms with van der Waals surface area (Å²) in [5.74, 6) is 0.230. The molecule has 0 aliphatic carbocycles. The van der Waals surface area contributed by atoms with Crippen molar-refractivity contribution in [1.82, 2.24) is 4.90 Å². The summed E-state index contributed by atoms with van der Waals surface area (Å²) in [7, 11) is 0. The molecule has 1 aliphatic heterocycles. The number of hydrogen-bond acceptors (Lipinski definition) is 8. The van der Waals surface area contributed by atoms with Crippen LogP contribution in [0.3, 0.4) is 0 Å². The lowest BCUT2D eigenvalue weighted by atomic mass is 9.94. The Labute approximate surface area is 378 Å². The van der Waals surface area contributed by atoms with Gasteiger partial charge in [0.1, 0.15) is 0 Å². The first kappa shape index (κ1) is 57.8. The third-order valence-corrected chi connectivity index (χ3v) is 12.9. The molecule has 1 heterocycles. The van der Waals surface area contributed by atoms with E-state index in [-0.39, 0.29) is 42.6 Å². The van der Waals surface area contributed by atoms with Crippen LogP contribution in [0.4, 0.5) is 0 Å². The number of ether oxygens (including phenoxy) is 4. The normalized spacial score (nSPS) is 16.6. The minimum atomic E-state index is 0.0397. The summed E-state index contributed by atoms with van der Waals surface area (Å²) in [5, 5.41) is 9.21. The molecule has 1 saturated heterocycles. The molecule has 0 aromatic carbocycles. The molecule has 2 unspecified atom stereocenters. The number of esters is 2. The van der Waals surface area contributed by atoms with Crippen molar-refractivity contribution < 1.29 is 33.6 Å². The molecule has 61 heavy (non-hydrogen) atoms. The highest BCUT2D eigenvalue weighted by molar-refractivity contribution is 5.72. The van der Waals surface area contributed by atoms with Gasteiger partial charge >= 0.3 is 11.9 Å². The van der Waals surface area contributed by atoms with Crippen molar-refractivity contribution in [3.8, 4) is 0 Å². The van der Waals surface area contributed by atoms with Crippen molar-refractivity contribution >= 4 is 11.9 Å². The molecular formula is C53H103NO7. The van der Waals surface area contributed by atoms with Crippen LogP contribution in [-0.2, 0) is 28.5 Å². The maximum absolute atomic E-state index is 13.0. The van der Waals surface area contributed by atoms with Crippen LogP contribution in [0.5, 0.6) is 0 Å². The first-order valence-electron chi connectivity index (χ1n) is 26.9. The van der Waals surface area contributed by atoms with Gasteiger partial charge in [0.05, 0.1) is 37.3 Å². The van der Waals surface area contributed by atoms with Crippen LogP contribution < -0.4 is 0 Å². The van der Waals surface area contributed by atoms with Gasteiger partial charge in [0, 0.05) is 32.9 Å². The Morgan fingerprint density at radius 2 is 0.738 bits per heavy atom. The van der Waals surface area contributed by atoms with Crippen LogP contribution in [-0.4, -0.2) is 86.8 Å². The Morgan fingerprint density at radius 3 is 1.11 bits per heavy atom. The van der Waals surface area contributed by atoms with Gasteiger partial charge in [0.2, 0.25) is 0 Å². The van der Waals surface area contributed by atoms with Crippen LogP contribution in [0.1, 0.15) is 252 Å². The van der Waals surface area contributed by atoms with Crippen molar-refractivity contribution in [2.24, 2.45) is 11.8 Å². The standard InChI is InChI=1S/C53H103NO7/c1-5-9-13-17-19-28-38-48(36-26-15-11-7-3)52(56)60-44-34-23-21-32-42-58-50-46-54(40-30-25-31-41-55)47-51(50)59-43-33-22-24-35-45-61-53(57)49(37-27-16-12-8-4)39-29-20-18-14-10-6-2/h48-51,55H,5-47H2,1-4H3/t48?,49?,50-,51+. The number of hydrogen-bond donors (Lipinski definition) is 1. The molecule has 0 spiro atoms. The Bertz CT molecular complexity index is 882. The molecule has 0 aromatic rings. The van der Waals surface area contributed by atoms with Gasteiger partial charge < -0.3 is 24.1 Å². The number of unbranched alkanes of at least 4 members (excludes halogenated alkanes) is 24. The summed E-state index contributed by atoms with van der Waals surface area (Å²) in [6, 6.07) is 0. The summed E-state index contributed by atoms with van der Waals surface area (Å²) in [5.41, 5.74) is 0. The molecule has 0 amide bonds. The number of aliphatic hydroxyl groups excluding tert-OH is 1. The van der Waals surface area contributed by atoms with E-state index in [2.05, 4.69) is 32.6 Å². The van der Waals surface area contributed by atoms with Crippen LogP contribution >= 0.6 is 0 Å². The van der Waals surface area contributed by atoms with E-state index < -0.39 is 0 Å². The Hall–Kier alpha value is -1.22. The van der Waals surface area contributed by atoms with Gasteiger partial charge in [-0.2, -0.15) is 0 Å². The summed E-state index contributed by atoms with van der Waals surface area (Å²) in [6.07, 6.45) is 40.0. The van der Waals surface area contributed by atoms with Crippen molar-refractivity contribution in [3.63, 3.8) is 0 Å². The average molecular weight is 866 g/mol. The van der Waals surface area contributed by atoms with Gasteiger partial charge in [-0.3, -0.25) is 14.5 Å². The van der Waals surface area contributed by atoms with E-state index in [0.717, 1.165) is 155 Å². The predicted molar refractivity (Wildman–Crippen MR) is 256 cm³/mol. The van der Waals surface area contributed by atoms with E-state index in [9.17, 15) is 14.7 Å². The number of rotatable bonds is 47. The SMILES string of the molecule is CCCCCCCCC(CCCCCC)C(=O)OCCCCCCO[C@H]1CN(CCCCCO)C[C@H]1OCCCCCCOC(=O)C(CCCCCC)CCCCCCCC. The lowest BCUT2D eigenvalue weighted by Gasteiger charge is -2.20. The monoisotopic (exact) mass is 866 g/mol. The van der Waals surface area contributed by atoms with E-state index in [4.69, 9.17) is 18.9 Å². The first-order valence-corrected chi connectivity index (χ1v) is 26.9. The second kappa shape index (κ2) is 44.0. The summed E-state index contributed by atoms with van der Waals surface area (Å²) < 4.78 is 24.6. The fraction of sp³-hybridized carbons (Fsp3) is 0.962. The highest BCUT2D eigenvalue weighted by atomic mass is 16.5. The van der Waals surface area contributed by atoms with Crippen LogP contribution in [0.2, 0.25) is 0 Å². The Balaban J connectivity index is 2.37. The lowest BCUT2D eigenvalue weighted by Crippen LogP contribution is -2.30. The third kappa shape index (κ3) is 33.9. The maximum Gasteiger partial charge on any atom is 0.308 e. The maximum atomic E-state index is 13.0. The number of nitrogens with zero attached hydrogens (tertiary/aromatic N) is 1. The van der Waals surface area contributed by atoms with Crippen molar-refractivity contribution in [2.45, 2.75) is 265 Å². The van der Waals surface area contributed by atoms with E-state index >= 15 is 0 Å². The molecule has 1 N–H and O–H groups in total. The fourth-order valence-corrected chi connectivity index (χ4v) is 8.85. The van der Waals surface area contributed by atoms with Gasteiger partial charge in [-0.1, -0.05) is 169 Å². The van der Waals surface area contributed by atoms with Gasteiger partial charge in [-0.25, -0.2) is 0 Å². The van der Waals surface area contributed by atoms with Crippen molar-refractivity contribution in [1.29, 1.82) is 0 Å². The molecule has 8 nitrogen and oxygen atoms in total. The molecule has 362 valence electrons. The minimum absolute atomic E-state index is 0.0397. The molecule has 4 atom stereocenters. The third-order valence-electron chi connectivity index (χ3n) is 12.9. The second-order valence-corrected chi connectivity index (χ2v) is 18.7. The van der Waals surface area contributed by atoms with Gasteiger partial charge in [-0.15, -0.1) is 0 Å². The summed E-state index contributed by atoms with van der Waals surface area (Å²) >= 11 is 0. The zero-order chi connectivity index (χ0) is 44.3. The fourth-order valence-electron chi connectivity index (χ4n) is 8.85. The lowest BCUT2D eigenvalue weighted by molar-refractivity contribution is -0.150. The number of carbonyl (C=O) groups is 2. The molecule has 0 aromatic heterocycles. The molecule has 0 saturated carbocycles. The molecule has 0 radical (unpaired) electrons. The number of aliphatic hydroxyl groups is 1. The van der Waals surface area contributed by atoms with Crippen LogP contribution in [0.15, 0.2) is 0 Å². The quantitative estimate of drug-likeness (QED) is 0.0477. The van der Waals surface area contributed by atoms with Crippen molar-refractivity contribution in [2.75, 3.05) is 52.7 Å². The van der Waals surface area contributed by atoms with Crippen LogP contribution in [0, 0.1) is 11.8 Å². The van der Waals surface area contributed by atoms with Gasteiger partial charge in [0.15, 0.2) is 0 Å². The molecule has 0 bridgehead atoms. The highest BCUT2D eigenvalue weighted by Crippen LogP contribution is 2.23. The molecule has 1 aliphatic rings. The predicted octanol–water partition coefficient (Wildman–Crippen LogP) is 14.1. The Kier molecular flexibility index (Phi) is 41.7. The molecule has 1 rings (SSSR count). The van der Waals surface area contributed by atoms with Gasteiger partial charge in [0.25, 0.3) is 0 Å². The van der Waals surface area contributed by atoms with E-state index in [1.54, 1.807) is 0 Å².